The van der Waals surface area contributed by atoms with E-state index < -0.39 is 5.97 Å². The third-order valence-corrected chi connectivity index (χ3v) is 3.60. The van der Waals surface area contributed by atoms with E-state index in [-0.39, 0.29) is 5.56 Å². The minimum absolute atomic E-state index is 0.241. The van der Waals surface area contributed by atoms with Crippen molar-refractivity contribution in [2.45, 2.75) is 19.3 Å². The summed E-state index contributed by atoms with van der Waals surface area (Å²) in [4.78, 5) is 10.9. The molecule has 100 valence electrons. The third-order valence-electron chi connectivity index (χ3n) is 3.60. The lowest BCUT2D eigenvalue weighted by atomic mass is 9.96. The first kappa shape index (κ1) is 12.1. The van der Waals surface area contributed by atoms with Crippen molar-refractivity contribution >= 4 is 11.6 Å². The summed E-state index contributed by atoms with van der Waals surface area (Å²) < 4.78 is 1.88. The van der Waals surface area contributed by atoms with Gasteiger partial charge in [-0.25, -0.2) is 4.79 Å². The first-order valence-electron chi connectivity index (χ1n) is 6.52. The number of carboxylic acid groups (broad SMARTS) is 1. The molecule has 2 aromatic rings. The summed E-state index contributed by atoms with van der Waals surface area (Å²) >= 11 is 0. The number of hydrogen-bond acceptors (Lipinski definition) is 4. The normalized spacial score (nSPS) is 19.7. The zero-order chi connectivity index (χ0) is 13.2. The second-order valence-corrected chi connectivity index (χ2v) is 4.98. The molecule has 0 saturated carbocycles. The van der Waals surface area contributed by atoms with Gasteiger partial charge in [0, 0.05) is 12.6 Å². The topological polar surface area (TPSA) is 79.5 Å². The average Bonchev–Trinajstić information content (AvgIpc) is 2.82. The molecule has 2 aromatic heterocycles. The number of nitrogens with zero attached hydrogens (tertiary/aromatic N) is 3. The van der Waals surface area contributed by atoms with Crippen LogP contribution < -0.4 is 5.32 Å². The first-order chi connectivity index (χ1) is 9.24. The highest BCUT2D eigenvalue weighted by Crippen LogP contribution is 2.16. The van der Waals surface area contributed by atoms with Gasteiger partial charge in [-0.2, -0.15) is 0 Å². The van der Waals surface area contributed by atoms with E-state index in [2.05, 4.69) is 15.5 Å². The predicted octanol–water partition coefficient (Wildman–Crippen LogP) is 0.970. The number of carbonyl (C=O) groups is 1. The smallest absolute Gasteiger partial charge is 0.335 e. The number of hydrogen-bond donors (Lipinski definition) is 2. The Balaban J connectivity index is 1.86. The molecule has 1 unspecified atom stereocenters. The minimum atomic E-state index is -0.941. The molecule has 0 amide bonds. The maximum atomic E-state index is 10.9. The number of aromatic carboxylic acids is 1. The third kappa shape index (κ3) is 2.44. The van der Waals surface area contributed by atoms with Gasteiger partial charge < -0.3 is 10.4 Å². The molecule has 0 aromatic carbocycles. The second kappa shape index (κ2) is 4.97. The Bertz CT molecular complexity index is 602. The fourth-order valence-electron chi connectivity index (χ4n) is 2.57. The van der Waals surface area contributed by atoms with Gasteiger partial charge >= 0.3 is 5.97 Å². The lowest BCUT2D eigenvalue weighted by Gasteiger charge is -2.21. The second-order valence-electron chi connectivity index (χ2n) is 4.98. The molecular weight excluding hydrogens is 244 g/mol. The maximum absolute atomic E-state index is 10.9. The van der Waals surface area contributed by atoms with E-state index >= 15 is 0 Å². The van der Waals surface area contributed by atoms with Crippen molar-refractivity contribution in [3.63, 3.8) is 0 Å². The highest BCUT2D eigenvalue weighted by molar-refractivity contribution is 5.88. The highest BCUT2D eigenvalue weighted by atomic mass is 16.4. The van der Waals surface area contributed by atoms with E-state index in [1.807, 2.05) is 4.40 Å². The molecule has 0 spiro atoms. The van der Waals surface area contributed by atoms with Crippen LogP contribution in [0.25, 0.3) is 5.65 Å². The van der Waals surface area contributed by atoms with E-state index in [9.17, 15) is 4.79 Å². The van der Waals surface area contributed by atoms with Gasteiger partial charge in [-0.3, -0.25) is 4.40 Å². The van der Waals surface area contributed by atoms with E-state index in [0.717, 1.165) is 25.3 Å². The Morgan fingerprint density at radius 1 is 1.53 bits per heavy atom. The van der Waals surface area contributed by atoms with Crippen LogP contribution in [0.2, 0.25) is 0 Å². The summed E-state index contributed by atoms with van der Waals surface area (Å²) in [5, 5.41) is 20.6. The Morgan fingerprint density at radius 3 is 3.16 bits per heavy atom. The minimum Gasteiger partial charge on any atom is -0.478 e. The monoisotopic (exact) mass is 260 g/mol. The van der Waals surface area contributed by atoms with E-state index in [1.54, 1.807) is 18.3 Å². The lowest BCUT2D eigenvalue weighted by molar-refractivity contribution is 0.0697. The van der Waals surface area contributed by atoms with Crippen molar-refractivity contribution in [3.8, 4) is 0 Å². The van der Waals surface area contributed by atoms with Gasteiger partial charge in [0.25, 0.3) is 0 Å². The van der Waals surface area contributed by atoms with Crippen molar-refractivity contribution in [1.29, 1.82) is 0 Å². The van der Waals surface area contributed by atoms with E-state index in [0.29, 0.717) is 11.6 Å². The Labute approximate surface area is 110 Å². The maximum Gasteiger partial charge on any atom is 0.335 e. The first-order valence-corrected chi connectivity index (χ1v) is 6.52. The molecule has 0 bridgehead atoms. The summed E-state index contributed by atoms with van der Waals surface area (Å²) in [5.41, 5.74) is 0.837. The summed E-state index contributed by atoms with van der Waals surface area (Å²) in [6.07, 6.45) is 5.02. The SMILES string of the molecule is O=C(O)c1ccn2c(CC3CCCNC3)nnc2c1. The standard InChI is InChI=1S/C13H16N4O2/c18-13(19)10-3-5-17-11(15-16-12(17)7-10)6-9-2-1-4-14-8-9/h3,5,7,9,14H,1-2,4,6,8H2,(H,18,19). The van der Waals surface area contributed by atoms with Gasteiger partial charge in [0.15, 0.2) is 5.65 Å². The van der Waals surface area contributed by atoms with Crippen molar-refractivity contribution < 1.29 is 9.90 Å². The summed E-state index contributed by atoms with van der Waals surface area (Å²) in [7, 11) is 0. The fraction of sp³-hybridized carbons (Fsp3) is 0.462. The quantitative estimate of drug-likeness (QED) is 0.859. The van der Waals surface area contributed by atoms with Crippen LogP contribution in [0.3, 0.4) is 0 Å². The van der Waals surface area contributed by atoms with Crippen LogP contribution in [0.4, 0.5) is 0 Å². The van der Waals surface area contributed by atoms with Gasteiger partial charge in [0.2, 0.25) is 0 Å². The molecule has 1 saturated heterocycles. The van der Waals surface area contributed by atoms with Crippen LogP contribution in [-0.2, 0) is 6.42 Å². The van der Waals surface area contributed by atoms with Crippen LogP contribution >= 0.6 is 0 Å². The van der Waals surface area contributed by atoms with Crippen LogP contribution in [0.15, 0.2) is 18.3 Å². The number of carboxylic acids is 1. The molecule has 0 aliphatic carbocycles. The highest BCUT2D eigenvalue weighted by Gasteiger charge is 2.17. The molecule has 1 aliphatic rings. The van der Waals surface area contributed by atoms with Crippen molar-refractivity contribution in [2.24, 2.45) is 5.92 Å². The lowest BCUT2D eigenvalue weighted by Crippen LogP contribution is -2.31. The average molecular weight is 260 g/mol. The van der Waals surface area contributed by atoms with Crippen molar-refractivity contribution in [1.82, 2.24) is 19.9 Å². The van der Waals surface area contributed by atoms with Crippen LogP contribution in [0, 0.1) is 5.92 Å². The van der Waals surface area contributed by atoms with Crippen LogP contribution in [-0.4, -0.2) is 38.8 Å². The molecule has 0 radical (unpaired) electrons. The molecule has 1 atom stereocenters. The van der Waals surface area contributed by atoms with Gasteiger partial charge in [0.1, 0.15) is 5.82 Å². The number of nitrogens with one attached hydrogen (secondary N) is 1. The van der Waals surface area contributed by atoms with Crippen molar-refractivity contribution in [2.75, 3.05) is 13.1 Å². The Kier molecular flexibility index (Phi) is 3.16. The molecule has 1 aliphatic heterocycles. The molecule has 19 heavy (non-hydrogen) atoms. The molecule has 3 heterocycles. The number of pyridine rings is 1. The molecule has 2 N–H and O–H groups in total. The van der Waals surface area contributed by atoms with Gasteiger partial charge in [-0.1, -0.05) is 0 Å². The molecule has 3 rings (SSSR count). The van der Waals surface area contributed by atoms with Crippen LogP contribution in [0.5, 0.6) is 0 Å². The molecule has 6 heteroatoms. The van der Waals surface area contributed by atoms with E-state index in [4.69, 9.17) is 5.11 Å². The molecule has 6 nitrogen and oxygen atoms in total. The summed E-state index contributed by atoms with van der Waals surface area (Å²) in [6.45, 7) is 2.11. The number of aromatic nitrogens is 3. The molecular formula is C13H16N4O2. The van der Waals surface area contributed by atoms with Gasteiger partial charge in [0.05, 0.1) is 5.56 Å². The van der Waals surface area contributed by atoms with Crippen LogP contribution in [0.1, 0.15) is 29.0 Å². The molecule has 1 fully saturated rings. The van der Waals surface area contributed by atoms with Gasteiger partial charge in [-0.15, -0.1) is 10.2 Å². The van der Waals surface area contributed by atoms with Gasteiger partial charge in [-0.05, 0) is 44.0 Å². The fourth-order valence-corrected chi connectivity index (χ4v) is 2.57. The number of fused-ring (bicyclic) bond motifs is 1. The Hall–Kier alpha value is -1.95. The summed E-state index contributed by atoms with van der Waals surface area (Å²) in [6, 6.07) is 3.14. The van der Waals surface area contributed by atoms with Crippen molar-refractivity contribution in [3.05, 3.63) is 29.7 Å². The van der Waals surface area contributed by atoms with E-state index in [1.165, 1.54) is 12.8 Å². The largest absolute Gasteiger partial charge is 0.478 e. The predicted molar refractivity (Wildman–Crippen MR) is 69.2 cm³/mol. The zero-order valence-corrected chi connectivity index (χ0v) is 10.5. The number of rotatable bonds is 3. The Morgan fingerprint density at radius 2 is 2.42 bits per heavy atom. The zero-order valence-electron chi connectivity index (χ0n) is 10.5. The number of piperidine rings is 1. The summed E-state index contributed by atoms with van der Waals surface area (Å²) in [5.74, 6) is 0.546.